The van der Waals surface area contributed by atoms with Crippen LogP contribution in [0.5, 0.6) is 11.6 Å². The zero-order valence-electron chi connectivity index (χ0n) is 19.8. The summed E-state index contributed by atoms with van der Waals surface area (Å²) in [5, 5.41) is 15.3. The molecule has 172 valence electrons. The Bertz CT molecular complexity index is 985. The summed E-state index contributed by atoms with van der Waals surface area (Å²) >= 11 is 0. The van der Waals surface area contributed by atoms with Gasteiger partial charge in [-0.15, -0.1) is 0 Å². The van der Waals surface area contributed by atoms with E-state index in [9.17, 15) is 5.11 Å². The summed E-state index contributed by atoms with van der Waals surface area (Å²) in [5.74, 6) is 1.49. The molecule has 1 heterocycles. The lowest BCUT2D eigenvalue weighted by molar-refractivity contribution is 0.0132. The van der Waals surface area contributed by atoms with Crippen LogP contribution < -0.4 is 4.74 Å². The molecule has 0 saturated carbocycles. The predicted molar refractivity (Wildman–Crippen MR) is 128 cm³/mol. The van der Waals surface area contributed by atoms with Crippen molar-refractivity contribution in [2.24, 2.45) is 7.05 Å². The minimum atomic E-state index is -0.560. The molecule has 3 aromatic rings. The molecule has 32 heavy (non-hydrogen) atoms. The molecule has 0 bridgehead atoms. The number of hydrogen-bond acceptors (Lipinski definition) is 5. The van der Waals surface area contributed by atoms with Gasteiger partial charge in [0.1, 0.15) is 11.4 Å². The van der Waals surface area contributed by atoms with Crippen LogP contribution in [-0.2, 0) is 18.3 Å². The van der Waals surface area contributed by atoms with Gasteiger partial charge in [-0.05, 0) is 45.4 Å². The minimum absolute atomic E-state index is 0.224. The van der Waals surface area contributed by atoms with E-state index in [-0.39, 0.29) is 6.04 Å². The summed E-state index contributed by atoms with van der Waals surface area (Å²) in [4.78, 5) is 2.23. The fourth-order valence-corrected chi connectivity index (χ4v) is 3.68. The van der Waals surface area contributed by atoms with Crippen LogP contribution in [0.2, 0.25) is 0 Å². The third kappa shape index (κ3) is 6.19. The number of ether oxygens (including phenoxy) is 2. The molecule has 0 radical (unpaired) electrons. The van der Waals surface area contributed by atoms with E-state index >= 15 is 0 Å². The molecule has 2 aromatic carbocycles. The zero-order valence-corrected chi connectivity index (χ0v) is 19.8. The van der Waals surface area contributed by atoms with Gasteiger partial charge in [-0.25, -0.2) is 4.68 Å². The SMILES string of the molecule is CCOC[C@H](O)CN(Cc1c(-c2ccccc2)nn(C)c1Oc1cccc(C)c1)C(C)C. The largest absolute Gasteiger partial charge is 0.439 e. The van der Waals surface area contributed by atoms with Crippen molar-refractivity contribution in [3.05, 3.63) is 65.7 Å². The summed E-state index contributed by atoms with van der Waals surface area (Å²) < 4.78 is 13.6. The molecule has 0 aliphatic heterocycles. The number of benzene rings is 2. The molecule has 0 aliphatic carbocycles. The zero-order chi connectivity index (χ0) is 23.1. The standard InChI is InChI=1S/C26H35N3O3/c1-6-31-18-22(30)16-29(19(2)3)17-24-25(21-12-8-7-9-13-21)27-28(5)26(24)32-23-14-10-11-20(4)15-23/h7-15,19,22,30H,6,16-18H2,1-5H3/t22-/m1/s1. The average Bonchev–Trinajstić information content (AvgIpc) is 3.07. The van der Waals surface area contributed by atoms with Gasteiger partial charge >= 0.3 is 0 Å². The van der Waals surface area contributed by atoms with Crippen molar-refractivity contribution in [3.63, 3.8) is 0 Å². The van der Waals surface area contributed by atoms with Crippen LogP contribution in [0, 0.1) is 6.92 Å². The molecule has 0 saturated heterocycles. The van der Waals surface area contributed by atoms with Gasteiger partial charge < -0.3 is 14.6 Å². The number of aryl methyl sites for hydroxylation is 2. The predicted octanol–water partition coefficient (Wildman–Crippen LogP) is 4.80. The molecule has 6 heteroatoms. The first-order valence-corrected chi connectivity index (χ1v) is 11.2. The van der Waals surface area contributed by atoms with Crippen molar-refractivity contribution in [3.8, 4) is 22.9 Å². The molecular formula is C26H35N3O3. The van der Waals surface area contributed by atoms with Gasteiger partial charge in [0.05, 0.1) is 18.3 Å². The first-order valence-electron chi connectivity index (χ1n) is 11.2. The van der Waals surface area contributed by atoms with Gasteiger partial charge in [-0.2, -0.15) is 5.10 Å². The first kappa shape index (κ1) is 24.0. The second kappa shape index (κ2) is 11.3. The number of aromatic nitrogens is 2. The summed E-state index contributed by atoms with van der Waals surface area (Å²) in [6, 6.07) is 18.4. The van der Waals surface area contributed by atoms with Gasteiger partial charge in [0.15, 0.2) is 0 Å². The lowest BCUT2D eigenvalue weighted by Crippen LogP contribution is -2.39. The molecule has 0 spiro atoms. The van der Waals surface area contributed by atoms with E-state index in [1.165, 1.54) is 0 Å². The van der Waals surface area contributed by atoms with Crippen LogP contribution in [0.15, 0.2) is 54.6 Å². The third-order valence-corrected chi connectivity index (χ3v) is 5.39. The van der Waals surface area contributed by atoms with Crippen molar-refractivity contribution in [2.45, 2.75) is 46.4 Å². The molecule has 1 atom stereocenters. The van der Waals surface area contributed by atoms with E-state index in [0.29, 0.717) is 32.2 Å². The molecule has 1 N–H and O–H groups in total. The van der Waals surface area contributed by atoms with Gasteiger partial charge in [0.25, 0.3) is 0 Å². The van der Waals surface area contributed by atoms with Gasteiger partial charge in [0.2, 0.25) is 5.88 Å². The molecule has 0 amide bonds. The van der Waals surface area contributed by atoms with Crippen molar-refractivity contribution < 1.29 is 14.6 Å². The second-order valence-electron chi connectivity index (χ2n) is 8.38. The van der Waals surface area contributed by atoms with Crippen LogP contribution in [0.3, 0.4) is 0 Å². The fraction of sp³-hybridized carbons (Fsp3) is 0.423. The maximum absolute atomic E-state index is 10.5. The Morgan fingerprint density at radius 2 is 1.84 bits per heavy atom. The van der Waals surface area contributed by atoms with Crippen LogP contribution in [-0.4, -0.2) is 51.7 Å². The quantitative estimate of drug-likeness (QED) is 0.467. The number of aliphatic hydroxyl groups is 1. The molecule has 3 rings (SSSR count). The topological polar surface area (TPSA) is 59.8 Å². The molecule has 6 nitrogen and oxygen atoms in total. The Hall–Kier alpha value is -2.67. The highest BCUT2D eigenvalue weighted by Gasteiger charge is 2.24. The number of aliphatic hydroxyl groups excluding tert-OH is 1. The Morgan fingerprint density at radius 1 is 1.09 bits per heavy atom. The van der Waals surface area contributed by atoms with Gasteiger partial charge in [-0.3, -0.25) is 4.90 Å². The van der Waals surface area contributed by atoms with Crippen molar-refractivity contribution in [1.29, 1.82) is 0 Å². The van der Waals surface area contributed by atoms with Crippen molar-refractivity contribution >= 4 is 0 Å². The van der Waals surface area contributed by atoms with Crippen LogP contribution in [0.4, 0.5) is 0 Å². The van der Waals surface area contributed by atoms with Crippen LogP contribution >= 0.6 is 0 Å². The lowest BCUT2D eigenvalue weighted by Gasteiger charge is -2.29. The Morgan fingerprint density at radius 3 is 2.50 bits per heavy atom. The summed E-state index contributed by atoms with van der Waals surface area (Å²) in [7, 11) is 1.91. The van der Waals surface area contributed by atoms with E-state index in [0.717, 1.165) is 28.1 Å². The van der Waals surface area contributed by atoms with E-state index in [4.69, 9.17) is 14.6 Å². The van der Waals surface area contributed by atoms with E-state index < -0.39 is 6.10 Å². The van der Waals surface area contributed by atoms with Crippen LogP contribution in [0.1, 0.15) is 31.9 Å². The maximum Gasteiger partial charge on any atom is 0.222 e. The normalized spacial score (nSPS) is 12.5. The monoisotopic (exact) mass is 437 g/mol. The van der Waals surface area contributed by atoms with Crippen molar-refractivity contribution in [1.82, 2.24) is 14.7 Å². The van der Waals surface area contributed by atoms with Crippen LogP contribution in [0.25, 0.3) is 11.3 Å². The maximum atomic E-state index is 10.5. The fourth-order valence-electron chi connectivity index (χ4n) is 3.68. The van der Waals surface area contributed by atoms with E-state index in [1.54, 1.807) is 4.68 Å². The molecule has 0 fully saturated rings. The molecular weight excluding hydrogens is 402 g/mol. The van der Waals surface area contributed by atoms with Gasteiger partial charge in [0, 0.05) is 38.3 Å². The van der Waals surface area contributed by atoms with E-state index in [2.05, 4.69) is 30.9 Å². The molecule has 1 aromatic heterocycles. The highest BCUT2D eigenvalue weighted by Crippen LogP contribution is 2.34. The summed E-state index contributed by atoms with van der Waals surface area (Å²) in [6.45, 7) is 10.3. The number of hydrogen-bond donors (Lipinski definition) is 1. The third-order valence-electron chi connectivity index (χ3n) is 5.39. The minimum Gasteiger partial charge on any atom is -0.439 e. The Kier molecular flexibility index (Phi) is 8.45. The highest BCUT2D eigenvalue weighted by molar-refractivity contribution is 5.65. The lowest BCUT2D eigenvalue weighted by atomic mass is 10.1. The number of nitrogens with zero attached hydrogens (tertiary/aromatic N) is 3. The smallest absolute Gasteiger partial charge is 0.222 e. The second-order valence-corrected chi connectivity index (χ2v) is 8.38. The summed E-state index contributed by atoms with van der Waals surface area (Å²) in [5.41, 5.74) is 4.06. The first-order chi connectivity index (χ1) is 15.4. The highest BCUT2D eigenvalue weighted by atomic mass is 16.5. The molecule has 0 aliphatic rings. The Balaban J connectivity index is 1.98. The van der Waals surface area contributed by atoms with Gasteiger partial charge in [-0.1, -0.05) is 42.5 Å². The van der Waals surface area contributed by atoms with E-state index in [1.807, 2.05) is 63.4 Å². The Labute approximate surface area is 191 Å². The molecule has 0 unspecified atom stereocenters. The van der Waals surface area contributed by atoms with Crippen molar-refractivity contribution in [2.75, 3.05) is 19.8 Å². The average molecular weight is 438 g/mol. The summed E-state index contributed by atoms with van der Waals surface area (Å²) in [6.07, 6.45) is -0.560. The number of rotatable bonds is 11.